The van der Waals surface area contributed by atoms with E-state index in [1.54, 1.807) is 0 Å². The van der Waals surface area contributed by atoms with Gasteiger partial charge in [0, 0.05) is 19.1 Å². The molecule has 2 saturated heterocycles. The Morgan fingerprint density at radius 3 is 3.15 bits per heavy atom. The number of likely N-dealkylation sites (tertiary alicyclic amines) is 1. The molecule has 2 aliphatic rings. The highest BCUT2D eigenvalue weighted by molar-refractivity contribution is 4.94. The van der Waals surface area contributed by atoms with Crippen molar-refractivity contribution < 1.29 is 9.50 Å². The lowest BCUT2D eigenvalue weighted by Gasteiger charge is -2.24. The van der Waals surface area contributed by atoms with Crippen LogP contribution in [0.1, 0.15) is 6.42 Å². The summed E-state index contributed by atoms with van der Waals surface area (Å²) in [5, 5.41) is 12.5. The molecule has 13 heavy (non-hydrogen) atoms. The molecule has 2 aliphatic heterocycles. The normalized spacial score (nSPS) is 36.5. The summed E-state index contributed by atoms with van der Waals surface area (Å²) >= 11 is 0. The summed E-state index contributed by atoms with van der Waals surface area (Å²) in [6.07, 6.45) is 0.399. The zero-order chi connectivity index (χ0) is 9.26. The number of hydrogen-bond acceptors (Lipinski definition) is 3. The highest BCUT2D eigenvalue weighted by Gasteiger charge is 2.37. The first-order chi connectivity index (χ1) is 6.31. The molecule has 0 radical (unpaired) electrons. The maximum Gasteiger partial charge on any atom is 0.117 e. The number of hydrogen-bond donors (Lipinski definition) is 2. The van der Waals surface area contributed by atoms with E-state index in [2.05, 4.69) is 10.2 Å². The van der Waals surface area contributed by atoms with Crippen molar-refractivity contribution in [2.75, 3.05) is 32.9 Å². The molecule has 2 fully saturated rings. The first-order valence-corrected chi connectivity index (χ1v) is 5.00. The first kappa shape index (κ1) is 9.37. The van der Waals surface area contributed by atoms with Crippen molar-refractivity contribution in [3.8, 4) is 0 Å². The molecule has 0 aromatic carbocycles. The van der Waals surface area contributed by atoms with E-state index in [1.165, 1.54) is 6.42 Å². The Bertz CT molecular complexity index is 179. The number of β-amino-alcohol motifs (C(OH)–C–C–N with tert-alkyl or cyclic N) is 1. The SMILES string of the molecule is OC(CF)CN1CC[C@@H]2CNC[C@@H]21. The fraction of sp³-hybridized carbons (Fsp3) is 1.00. The molecule has 2 N–H and O–H groups in total. The minimum atomic E-state index is -0.792. The van der Waals surface area contributed by atoms with E-state index < -0.39 is 12.8 Å². The second-order valence-electron chi connectivity index (χ2n) is 4.08. The van der Waals surface area contributed by atoms with Crippen LogP contribution >= 0.6 is 0 Å². The zero-order valence-corrected chi connectivity index (χ0v) is 7.75. The Labute approximate surface area is 77.9 Å². The third-order valence-corrected chi connectivity index (χ3v) is 3.18. The monoisotopic (exact) mass is 188 g/mol. The first-order valence-electron chi connectivity index (χ1n) is 5.00. The van der Waals surface area contributed by atoms with Crippen molar-refractivity contribution >= 4 is 0 Å². The van der Waals surface area contributed by atoms with Crippen LogP contribution in [-0.2, 0) is 0 Å². The second kappa shape index (κ2) is 3.90. The van der Waals surface area contributed by atoms with Gasteiger partial charge in [0.25, 0.3) is 0 Å². The fourth-order valence-corrected chi connectivity index (χ4v) is 2.48. The van der Waals surface area contributed by atoms with E-state index in [-0.39, 0.29) is 0 Å². The highest BCUT2D eigenvalue weighted by atomic mass is 19.1. The molecule has 0 bridgehead atoms. The summed E-state index contributed by atoms with van der Waals surface area (Å²) in [6, 6.07) is 0.543. The topological polar surface area (TPSA) is 35.5 Å². The largest absolute Gasteiger partial charge is 0.389 e. The lowest BCUT2D eigenvalue weighted by molar-refractivity contribution is 0.0845. The molecule has 4 heteroatoms. The van der Waals surface area contributed by atoms with Gasteiger partial charge in [-0.3, -0.25) is 4.90 Å². The maximum absolute atomic E-state index is 12.1. The molecule has 0 spiro atoms. The zero-order valence-electron chi connectivity index (χ0n) is 7.75. The van der Waals surface area contributed by atoms with Gasteiger partial charge in [0.1, 0.15) is 6.67 Å². The smallest absolute Gasteiger partial charge is 0.117 e. The van der Waals surface area contributed by atoms with Crippen LogP contribution in [-0.4, -0.2) is 55.0 Å². The maximum atomic E-state index is 12.1. The van der Waals surface area contributed by atoms with E-state index >= 15 is 0 Å². The van der Waals surface area contributed by atoms with Crippen molar-refractivity contribution in [1.29, 1.82) is 0 Å². The van der Waals surface area contributed by atoms with Gasteiger partial charge in [0.05, 0.1) is 6.10 Å². The highest BCUT2D eigenvalue weighted by Crippen LogP contribution is 2.26. The van der Waals surface area contributed by atoms with Gasteiger partial charge in [0.15, 0.2) is 0 Å². The summed E-state index contributed by atoms with van der Waals surface area (Å²) in [7, 11) is 0. The van der Waals surface area contributed by atoms with Gasteiger partial charge >= 0.3 is 0 Å². The van der Waals surface area contributed by atoms with Crippen LogP contribution in [0.5, 0.6) is 0 Å². The van der Waals surface area contributed by atoms with E-state index in [0.29, 0.717) is 12.6 Å². The van der Waals surface area contributed by atoms with Gasteiger partial charge in [-0.2, -0.15) is 0 Å². The Morgan fingerprint density at radius 2 is 2.38 bits per heavy atom. The summed E-state index contributed by atoms with van der Waals surface area (Å²) in [6.45, 7) is 2.99. The second-order valence-corrected chi connectivity index (χ2v) is 4.08. The molecule has 0 aromatic heterocycles. The van der Waals surface area contributed by atoms with Crippen molar-refractivity contribution in [1.82, 2.24) is 10.2 Å². The van der Waals surface area contributed by atoms with Crippen LogP contribution in [0.2, 0.25) is 0 Å². The van der Waals surface area contributed by atoms with Gasteiger partial charge in [0.2, 0.25) is 0 Å². The van der Waals surface area contributed by atoms with Crippen LogP contribution in [0.25, 0.3) is 0 Å². The molecule has 2 rings (SSSR count). The average Bonchev–Trinajstić information content (AvgIpc) is 2.69. The fourth-order valence-electron chi connectivity index (χ4n) is 2.48. The van der Waals surface area contributed by atoms with Gasteiger partial charge < -0.3 is 10.4 Å². The molecule has 76 valence electrons. The van der Waals surface area contributed by atoms with E-state index in [9.17, 15) is 9.50 Å². The molecular formula is C9H17FN2O. The summed E-state index contributed by atoms with van der Waals surface area (Å²) in [5.41, 5.74) is 0. The number of halogens is 1. The van der Waals surface area contributed by atoms with E-state index in [0.717, 1.165) is 25.6 Å². The van der Waals surface area contributed by atoms with Crippen molar-refractivity contribution in [3.05, 3.63) is 0 Å². The third kappa shape index (κ3) is 1.85. The molecule has 0 amide bonds. The number of nitrogens with one attached hydrogen (secondary N) is 1. The van der Waals surface area contributed by atoms with Gasteiger partial charge in [-0.25, -0.2) is 4.39 Å². The molecule has 0 saturated carbocycles. The van der Waals surface area contributed by atoms with Crippen molar-refractivity contribution in [3.63, 3.8) is 0 Å². The molecule has 0 aromatic rings. The summed E-state index contributed by atoms with van der Waals surface area (Å²) < 4.78 is 12.1. The number of fused-ring (bicyclic) bond motifs is 1. The molecule has 0 aliphatic carbocycles. The minimum Gasteiger partial charge on any atom is -0.389 e. The van der Waals surface area contributed by atoms with Gasteiger partial charge in [-0.1, -0.05) is 0 Å². The molecule has 2 heterocycles. The predicted octanol–water partition coefficient (Wildman–Crippen LogP) is -0.389. The number of alkyl halides is 1. The van der Waals surface area contributed by atoms with Crippen molar-refractivity contribution in [2.24, 2.45) is 5.92 Å². The standard InChI is InChI=1S/C9H17FN2O/c10-3-8(13)6-12-2-1-7-4-11-5-9(7)12/h7-9,11,13H,1-6H2/t7-,8?,9+/m1/s1. The number of rotatable bonds is 3. The van der Waals surface area contributed by atoms with E-state index in [1.807, 2.05) is 0 Å². The third-order valence-electron chi connectivity index (χ3n) is 3.18. The van der Waals surface area contributed by atoms with Crippen LogP contribution in [0.4, 0.5) is 4.39 Å². The van der Waals surface area contributed by atoms with Gasteiger partial charge in [-0.05, 0) is 25.4 Å². The van der Waals surface area contributed by atoms with Crippen LogP contribution in [0.15, 0.2) is 0 Å². The molecule has 3 nitrogen and oxygen atoms in total. The lowest BCUT2D eigenvalue weighted by Crippen LogP contribution is -2.40. The number of aliphatic hydroxyl groups excluding tert-OH is 1. The van der Waals surface area contributed by atoms with Gasteiger partial charge in [-0.15, -0.1) is 0 Å². The van der Waals surface area contributed by atoms with Crippen LogP contribution in [0.3, 0.4) is 0 Å². The lowest BCUT2D eigenvalue weighted by atomic mass is 10.1. The Balaban J connectivity index is 1.86. The molecule has 3 atom stereocenters. The predicted molar refractivity (Wildman–Crippen MR) is 48.3 cm³/mol. The number of aliphatic hydroxyl groups is 1. The summed E-state index contributed by atoms with van der Waals surface area (Å²) in [5.74, 6) is 0.729. The number of nitrogens with zero attached hydrogens (tertiary/aromatic N) is 1. The average molecular weight is 188 g/mol. The summed E-state index contributed by atoms with van der Waals surface area (Å²) in [4.78, 5) is 2.22. The Hall–Kier alpha value is -0.190. The molecule has 1 unspecified atom stereocenters. The Kier molecular flexibility index (Phi) is 2.81. The van der Waals surface area contributed by atoms with Crippen molar-refractivity contribution in [2.45, 2.75) is 18.6 Å². The van der Waals surface area contributed by atoms with Crippen LogP contribution < -0.4 is 5.32 Å². The quantitative estimate of drug-likeness (QED) is 0.633. The van der Waals surface area contributed by atoms with E-state index in [4.69, 9.17) is 0 Å². The Morgan fingerprint density at radius 1 is 1.54 bits per heavy atom. The molecular weight excluding hydrogens is 171 g/mol. The van der Waals surface area contributed by atoms with Crippen LogP contribution in [0, 0.1) is 5.92 Å². The minimum absolute atomic E-state index is 0.499.